The van der Waals surface area contributed by atoms with Crippen molar-refractivity contribution in [2.75, 3.05) is 26.2 Å². The van der Waals surface area contributed by atoms with E-state index in [-0.39, 0.29) is 0 Å². The van der Waals surface area contributed by atoms with Crippen LogP contribution < -0.4 is 5.32 Å². The van der Waals surface area contributed by atoms with Crippen LogP contribution in [0, 0.1) is 11.3 Å². The van der Waals surface area contributed by atoms with Gasteiger partial charge in [-0.3, -0.25) is 0 Å². The highest BCUT2D eigenvalue weighted by atomic mass is 15.2. The normalized spacial score (nSPS) is 31.0. The van der Waals surface area contributed by atoms with Gasteiger partial charge in [0.15, 0.2) is 0 Å². The van der Waals surface area contributed by atoms with E-state index in [0.29, 0.717) is 5.41 Å². The number of hydrogen-bond acceptors (Lipinski definition) is 2. The molecule has 2 fully saturated rings. The number of piperidine rings is 1. The van der Waals surface area contributed by atoms with E-state index in [1.165, 1.54) is 84.0 Å². The molecule has 1 saturated heterocycles. The molecule has 124 valence electrons. The lowest BCUT2D eigenvalue weighted by Crippen LogP contribution is -2.49. The van der Waals surface area contributed by atoms with Crippen LogP contribution in [0.3, 0.4) is 0 Å². The van der Waals surface area contributed by atoms with Crippen molar-refractivity contribution in [3.05, 3.63) is 0 Å². The van der Waals surface area contributed by atoms with Crippen molar-refractivity contribution in [3.8, 4) is 0 Å². The number of rotatable bonds is 6. The molecule has 2 aliphatic rings. The minimum atomic E-state index is 0.556. The number of nitrogens with one attached hydrogen (secondary N) is 1. The summed E-state index contributed by atoms with van der Waals surface area (Å²) in [4.78, 5) is 2.82. The summed E-state index contributed by atoms with van der Waals surface area (Å²) in [5, 5.41) is 3.76. The highest BCUT2D eigenvalue weighted by Crippen LogP contribution is 2.37. The third-order valence-electron chi connectivity index (χ3n) is 5.91. The second kappa shape index (κ2) is 8.53. The number of hydrogen-bond donors (Lipinski definition) is 1. The Morgan fingerprint density at radius 1 is 1.10 bits per heavy atom. The first-order valence-electron chi connectivity index (χ1n) is 9.60. The molecule has 0 amide bonds. The molecule has 2 unspecified atom stereocenters. The van der Waals surface area contributed by atoms with Crippen molar-refractivity contribution in [2.45, 2.75) is 84.6 Å². The summed E-state index contributed by atoms with van der Waals surface area (Å²) in [6.45, 7) is 12.3. The van der Waals surface area contributed by atoms with Gasteiger partial charge in [-0.15, -0.1) is 0 Å². The first-order valence-corrected chi connectivity index (χ1v) is 9.60. The molecule has 0 aromatic heterocycles. The standard InChI is InChI=1S/C19H38N2/c1-4-12-20-15-19(10-7-5-6-8-11-19)16-21-13-9-17(2)14-18(21)3/h17-18,20H,4-16H2,1-3H3. The molecule has 0 bridgehead atoms. The van der Waals surface area contributed by atoms with Gasteiger partial charge < -0.3 is 10.2 Å². The SMILES string of the molecule is CCCNCC1(CN2CCC(C)CC2C)CCCCCC1. The molecule has 0 aromatic rings. The summed E-state index contributed by atoms with van der Waals surface area (Å²) < 4.78 is 0. The van der Waals surface area contributed by atoms with Gasteiger partial charge in [0.25, 0.3) is 0 Å². The Bertz CT molecular complexity index is 281. The number of likely N-dealkylation sites (tertiary alicyclic amines) is 1. The molecule has 2 rings (SSSR count). The molecule has 0 aromatic carbocycles. The average Bonchev–Trinajstić information content (AvgIpc) is 2.69. The lowest BCUT2D eigenvalue weighted by molar-refractivity contribution is 0.0607. The Morgan fingerprint density at radius 3 is 2.43 bits per heavy atom. The molecule has 0 radical (unpaired) electrons. The van der Waals surface area contributed by atoms with Gasteiger partial charge in [0, 0.05) is 19.1 Å². The van der Waals surface area contributed by atoms with Crippen molar-refractivity contribution >= 4 is 0 Å². The van der Waals surface area contributed by atoms with Crippen molar-refractivity contribution in [1.82, 2.24) is 10.2 Å². The van der Waals surface area contributed by atoms with E-state index in [1.54, 1.807) is 0 Å². The molecule has 1 saturated carbocycles. The highest BCUT2D eigenvalue weighted by Gasteiger charge is 2.35. The van der Waals surface area contributed by atoms with Gasteiger partial charge in [0.05, 0.1) is 0 Å². The van der Waals surface area contributed by atoms with E-state index in [0.717, 1.165) is 12.0 Å². The van der Waals surface area contributed by atoms with Gasteiger partial charge in [-0.25, -0.2) is 0 Å². The first kappa shape index (κ1) is 17.3. The van der Waals surface area contributed by atoms with E-state index >= 15 is 0 Å². The zero-order valence-electron chi connectivity index (χ0n) is 14.8. The monoisotopic (exact) mass is 294 g/mol. The fourth-order valence-electron chi connectivity index (χ4n) is 4.52. The fraction of sp³-hybridized carbons (Fsp3) is 1.00. The Labute approximate surface area is 133 Å². The van der Waals surface area contributed by atoms with Crippen LogP contribution in [-0.2, 0) is 0 Å². The van der Waals surface area contributed by atoms with Crippen molar-refractivity contribution in [1.29, 1.82) is 0 Å². The Kier molecular flexibility index (Phi) is 7.01. The van der Waals surface area contributed by atoms with Crippen LogP contribution in [-0.4, -0.2) is 37.1 Å². The minimum absolute atomic E-state index is 0.556. The molecular formula is C19H38N2. The predicted octanol–water partition coefficient (Wildman–Crippen LogP) is 4.45. The minimum Gasteiger partial charge on any atom is -0.316 e. The highest BCUT2D eigenvalue weighted by molar-refractivity contribution is 4.89. The predicted molar refractivity (Wildman–Crippen MR) is 92.7 cm³/mol. The Morgan fingerprint density at radius 2 is 1.81 bits per heavy atom. The fourth-order valence-corrected chi connectivity index (χ4v) is 4.52. The molecule has 0 spiro atoms. The summed E-state index contributed by atoms with van der Waals surface area (Å²) in [6.07, 6.45) is 12.8. The third-order valence-corrected chi connectivity index (χ3v) is 5.91. The lowest BCUT2D eigenvalue weighted by atomic mass is 9.78. The molecule has 1 heterocycles. The van der Waals surface area contributed by atoms with E-state index in [2.05, 4.69) is 31.0 Å². The van der Waals surface area contributed by atoms with E-state index in [1.807, 2.05) is 0 Å². The average molecular weight is 295 g/mol. The molecule has 1 aliphatic heterocycles. The van der Waals surface area contributed by atoms with Crippen LogP contribution in [0.4, 0.5) is 0 Å². The Hall–Kier alpha value is -0.0800. The molecule has 21 heavy (non-hydrogen) atoms. The van der Waals surface area contributed by atoms with Gasteiger partial charge in [-0.05, 0) is 63.5 Å². The summed E-state index contributed by atoms with van der Waals surface area (Å²) in [7, 11) is 0. The van der Waals surface area contributed by atoms with Crippen LogP contribution in [0.2, 0.25) is 0 Å². The third kappa shape index (κ3) is 5.25. The topological polar surface area (TPSA) is 15.3 Å². The smallest absolute Gasteiger partial charge is 0.00697 e. The molecule has 1 N–H and O–H groups in total. The van der Waals surface area contributed by atoms with Crippen LogP contribution >= 0.6 is 0 Å². The largest absolute Gasteiger partial charge is 0.316 e. The van der Waals surface area contributed by atoms with Crippen LogP contribution in [0.5, 0.6) is 0 Å². The van der Waals surface area contributed by atoms with E-state index < -0.39 is 0 Å². The summed E-state index contributed by atoms with van der Waals surface area (Å²) >= 11 is 0. The van der Waals surface area contributed by atoms with Crippen molar-refractivity contribution < 1.29 is 0 Å². The molecule has 2 heteroatoms. The van der Waals surface area contributed by atoms with E-state index in [9.17, 15) is 0 Å². The number of nitrogens with zero attached hydrogens (tertiary/aromatic N) is 1. The van der Waals surface area contributed by atoms with Crippen molar-refractivity contribution in [2.24, 2.45) is 11.3 Å². The summed E-state index contributed by atoms with van der Waals surface area (Å²) in [6, 6.07) is 0.792. The second-order valence-corrected chi connectivity index (χ2v) is 8.04. The Balaban J connectivity index is 1.96. The van der Waals surface area contributed by atoms with Gasteiger partial charge >= 0.3 is 0 Å². The second-order valence-electron chi connectivity index (χ2n) is 8.04. The quantitative estimate of drug-likeness (QED) is 0.575. The molecule has 2 nitrogen and oxygen atoms in total. The first-order chi connectivity index (χ1) is 10.2. The zero-order valence-corrected chi connectivity index (χ0v) is 14.8. The van der Waals surface area contributed by atoms with Gasteiger partial charge in [-0.2, -0.15) is 0 Å². The van der Waals surface area contributed by atoms with Gasteiger partial charge in [-0.1, -0.05) is 39.5 Å². The van der Waals surface area contributed by atoms with E-state index in [4.69, 9.17) is 0 Å². The lowest BCUT2D eigenvalue weighted by Gasteiger charge is -2.44. The molecular weight excluding hydrogens is 256 g/mol. The summed E-state index contributed by atoms with van der Waals surface area (Å²) in [5.41, 5.74) is 0.556. The van der Waals surface area contributed by atoms with Crippen LogP contribution in [0.1, 0.15) is 78.6 Å². The maximum atomic E-state index is 3.76. The van der Waals surface area contributed by atoms with Crippen molar-refractivity contribution in [3.63, 3.8) is 0 Å². The summed E-state index contributed by atoms with van der Waals surface area (Å²) in [5.74, 6) is 0.930. The maximum Gasteiger partial charge on any atom is 0.00697 e. The maximum absolute atomic E-state index is 3.76. The van der Waals surface area contributed by atoms with Crippen LogP contribution in [0.25, 0.3) is 0 Å². The van der Waals surface area contributed by atoms with Gasteiger partial charge in [0.1, 0.15) is 0 Å². The van der Waals surface area contributed by atoms with Gasteiger partial charge in [0.2, 0.25) is 0 Å². The molecule has 1 aliphatic carbocycles. The molecule has 2 atom stereocenters. The zero-order chi connectivity index (χ0) is 15.1. The van der Waals surface area contributed by atoms with Crippen LogP contribution in [0.15, 0.2) is 0 Å².